The molecule has 1 aromatic heterocycles. The Morgan fingerprint density at radius 2 is 1.48 bits per heavy atom. The lowest BCUT2D eigenvalue weighted by molar-refractivity contribution is -0.136. The standard InChI is InChI=1S/C29H24F3N3O5/c1-39-22-11-10-17(16-23(22)40-2)12-14-34-24(13-15-35-26(36)18-6-3-4-7-19(18)27(35)37)33-21-9-5-8-20(29(30,31)32)25(21)28(34)38/h3-11,16H,12-15H2,1-2H3. The summed E-state index contributed by atoms with van der Waals surface area (Å²) in [5, 5.41) is -0.535. The van der Waals surface area contributed by atoms with E-state index in [0.29, 0.717) is 11.5 Å². The van der Waals surface area contributed by atoms with Crippen molar-refractivity contribution in [2.24, 2.45) is 0 Å². The SMILES string of the molecule is COc1ccc(CCn2c(CCN3C(=O)c4ccccc4C3=O)nc3cccc(C(F)(F)F)c3c2=O)cc1OC. The summed E-state index contributed by atoms with van der Waals surface area (Å²) in [6.07, 6.45) is -4.52. The molecule has 0 bridgehead atoms. The van der Waals surface area contributed by atoms with Gasteiger partial charge in [-0.3, -0.25) is 23.9 Å². The molecule has 1 aliphatic rings. The molecule has 5 rings (SSSR count). The number of rotatable bonds is 8. The molecule has 0 fully saturated rings. The lowest BCUT2D eigenvalue weighted by Gasteiger charge is -2.18. The average molecular weight is 552 g/mol. The van der Waals surface area contributed by atoms with E-state index >= 15 is 0 Å². The number of carbonyl (C=O) groups is 2. The number of aromatic nitrogens is 2. The summed E-state index contributed by atoms with van der Waals surface area (Å²) in [4.78, 5) is 44.7. The molecule has 0 saturated heterocycles. The number of fused-ring (bicyclic) bond motifs is 2. The van der Waals surface area contributed by atoms with Gasteiger partial charge in [0.05, 0.1) is 41.8 Å². The van der Waals surface area contributed by atoms with Crippen LogP contribution in [0.1, 0.15) is 37.7 Å². The summed E-state index contributed by atoms with van der Waals surface area (Å²) in [7, 11) is 2.98. The van der Waals surface area contributed by atoms with Crippen LogP contribution in [0.15, 0.2) is 65.5 Å². The molecule has 0 atom stereocenters. The number of benzene rings is 3. The first-order chi connectivity index (χ1) is 19.1. The number of nitrogens with zero attached hydrogens (tertiary/aromatic N) is 3. The second-order valence-corrected chi connectivity index (χ2v) is 9.18. The van der Waals surface area contributed by atoms with Crippen molar-refractivity contribution in [1.29, 1.82) is 0 Å². The number of hydrogen-bond donors (Lipinski definition) is 0. The zero-order chi connectivity index (χ0) is 28.6. The molecule has 0 unspecified atom stereocenters. The van der Waals surface area contributed by atoms with E-state index in [1.807, 2.05) is 0 Å². The highest BCUT2D eigenvalue weighted by atomic mass is 19.4. The van der Waals surface area contributed by atoms with Crippen LogP contribution in [-0.4, -0.2) is 47.0 Å². The quantitative estimate of drug-likeness (QED) is 0.299. The van der Waals surface area contributed by atoms with E-state index in [1.165, 1.54) is 30.9 Å². The number of ether oxygens (including phenoxy) is 2. The molecule has 40 heavy (non-hydrogen) atoms. The first-order valence-electron chi connectivity index (χ1n) is 12.4. The van der Waals surface area contributed by atoms with Crippen LogP contribution in [0.25, 0.3) is 10.9 Å². The molecule has 8 nitrogen and oxygen atoms in total. The van der Waals surface area contributed by atoms with Crippen molar-refractivity contribution >= 4 is 22.7 Å². The number of hydrogen-bond acceptors (Lipinski definition) is 6. The van der Waals surface area contributed by atoms with Crippen molar-refractivity contribution in [2.75, 3.05) is 20.8 Å². The number of halogens is 3. The Morgan fingerprint density at radius 1 is 0.800 bits per heavy atom. The lowest BCUT2D eigenvalue weighted by Crippen LogP contribution is -2.34. The van der Waals surface area contributed by atoms with Crippen molar-refractivity contribution in [1.82, 2.24) is 14.5 Å². The van der Waals surface area contributed by atoms with Gasteiger partial charge in [-0.05, 0) is 48.4 Å². The Morgan fingerprint density at radius 3 is 2.10 bits per heavy atom. The van der Waals surface area contributed by atoms with E-state index in [0.717, 1.165) is 16.5 Å². The Bertz CT molecular complexity index is 1660. The molecule has 11 heteroatoms. The van der Waals surface area contributed by atoms with Crippen molar-refractivity contribution < 1.29 is 32.2 Å². The third-order valence-electron chi connectivity index (χ3n) is 6.88. The van der Waals surface area contributed by atoms with Gasteiger partial charge < -0.3 is 9.47 Å². The monoisotopic (exact) mass is 551 g/mol. The van der Waals surface area contributed by atoms with Crippen LogP contribution >= 0.6 is 0 Å². The van der Waals surface area contributed by atoms with E-state index in [2.05, 4.69) is 4.98 Å². The van der Waals surface area contributed by atoms with Crippen LogP contribution in [0.3, 0.4) is 0 Å². The number of methoxy groups -OCH3 is 2. The maximum absolute atomic E-state index is 13.8. The van der Waals surface area contributed by atoms with Crippen LogP contribution in [0, 0.1) is 0 Å². The van der Waals surface area contributed by atoms with Crippen molar-refractivity contribution in [3.8, 4) is 11.5 Å². The van der Waals surface area contributed by atoms with Gasteiger partial charge >= 0.3 is 6.18 Å². The minimum absolute atomic E-state index is 0.000892. The molecule has 0 saturated carbocycles. The minimum Gasteiger partial charge on any atom is -0.493 e. The molecule has 0 spiro atoms. The molecule has 0 aliphatic carbocycles. The molecule has 1 aliphatic heterocycles. The van der Waals surface area contributed by atoms with Crippen LogP contribution in [-0.2, 0) is 25.6 Å². The number of aryl methyl sites for hydroxylation is 1. The van der Waals surface area contributed by atoms with E-state index in [1.54, 1.807) is 42.5 Å². The normalized spacial score (nSPS) is 13.2. The van der Waals surface area contributed by atoms with Crippen molar-refractivity contribution in [3.05, 3.63) is 99.1 Å². The van der Waals surface area contributed by atoms with E-state index in [4.69, 9.17) is 9.47 Å². The first kappa shape index (κ1) is 26.9. The third kappa shape index (κ3) is 4.78. The number of alkyl halides is 3. The molecule has 3 aromatic carbocycles. The molecule has 2 heterocycles. The maximum atomic E-state index is 13.8. The molecular formula is C29H24F3N3O5. The molecule has 0 radical (unpaired) electrons. The Hall–Kier alpha value is -4.67. The van der Waals surface area contributed by atoms with Gasteiger partial charge in [-0.2, -0.15) is 13.2 Å². The van der Waals surface area contributed by atoms with Gasteiger partial charge in [0.1, 0.15) is 5.82 Å². The lowest BCUT2D eigenvalue weighted by atomic mass is 10.1. The fourth-order valence-corrected chi connectivity index (χ4v) is 4.90. The van der Waals surface area contributed by atoms with Crippen LogP contribution in [0.2, 0.25) is 0 Å². The van der Waals surface area contributed by atoms with Gasteiger partial charge in [0, 0.05) is 19.5 Å². The maximum Gasteiger partial charge on any atom is 0.417 e. The highest BCUT2D eigenvalue weighted by molar-refractivity contribution is 6.21. The van der Waals surface area contributed by atoms with E-state index in [-0.39, 0.29) is 48.4 Å². The second kappa shape index (κ2) is 10.5. The summed E-state index contributed by atoms with van der Waals surface area (Å²) in [6.45, 7) is -0.0967. The fraction of sp³-hybridized carbons (Fsp3) is 0.241. The number of amides is 2. The zero-order valence-corrected chi connectivity index (χ0v) is 21.6. The number of imide groups is 1. The van der Waals surface area contributed by atoms with Crippen LogP contribution in [0.4, 0.5) is 13.2 Å². The van der Waals surface area contributed by atoms with Crippen LogP contribution < -0.4 is 15.0 Å². The molecular weight excluding hydrogens is 527 g/mol. The largest absolute Gasteiger partial charge is 0.493 e. The average Bonchev–Trinajstić information content (AvgIpc) is 3.19. The molecule has 206 valence electrons. The molecule has 2 amide bonds. The van der Waals surface area contributed by atoms with Gasteiger partial charge in [-0.1, -0.05) is 24.3 Å². The summed E-state index contributed by atoms with van der Waals surface area (Å²) in [6, 6.07) is 15.0. The predicted molar refractivity (Wildman–Crippen MR) is 140 cm³/mol. The highest BCUT2D eigenvalue weighted by Gasteiger charge is 2.36. The Balaban J connectivity index is 1.53. The van der Waals surface area contributed by atoms with E-state index in [9.17, 15) is 27.6 Å². The predicted octanol–water partition coefficient (Wildman–Crippen LogP) is 4.51. The van der Waals surface area contributed by atoms with E-state index < -0.39 is 34.5 Å². The summed E-state index contributed by atoms with van der Waals surface area (Å²) in [5.74, 6) is 0.190. The fourth-order valence-electron chi connectivity index (χ4n) is 4.90. The van der Waals surface area contributed by atoms with Crippen LogP contribution in [0.5, 0.6) is 11.5 Å². The van der Waals surface area contributed by atoms with Crippen molar-refractivity contribution in [2.45, 2.75) is 25.6 Å². The zero-order valence-electron chi connectivity index (χ0n) is 21.6. The van der Waals surface area contributed by atoms with Gasteiger partial charge in [-0.15, -0.1) is 0 Å². The number of carbonyl (C=O) groups excluding carboxylic acids is 2. The second-order valence-electron chi connectivity index (χ2n) is 9.18. The summed E-state index contributed by atoms with van der Waals surface area (Å²) in [5.41, 5.74) is -0.733. The Kier molecular flexibility index (Phi) is 7.05. The smallest absolute Gasteiger partial charge is 0.417 e. The molecule has 4 aromatic rings. The van der Waals surface area contributed by atoms with Crippen molar-refractivity contribution in [3.63, 3.8) is 0 Å². The third-order valence-corrected chi connectivity index (χ3v) is 6.88. The Labute approximate surface area is 226 Å². The molecule has 0 N–H and O–H groups in total. The summed E-state index contributed by atoms with van der Waals surface area (Å²) >= 11 is 0. The summed E-state index contributed by atoms with van der Waals surface area (Å²) < 4.78 is 53.2. The topological polar surface area (TPSA) is 90.7 Å². The first-order valence-corrected chi connectivity index (χ1v) is 12.4. The van der Waals surface area contributed by atoms with Gasteiger partial charge in [-0.25, -0.2) is 4.98 Å². The van der Waals surface area contributed by atoms with Gasteiger partial charge in [0.2, 0.25) is 0 Å². The highest BCUT2D eigenvalue weighted by Crippen LogP contribution is 2.33. The van der Waals surface area contributed by atoms with Gasteiger partial charge in [0.15, 0.2) is 11.5 Å². The minimum atomic E-state index is -4.76. The van der Waals surface area contributed by atoms with Gasteiger partial charge in [0.25, 0.3) is 17.4 Å².